The first-order valence-corrected chi connectivity index (χ1v) is 8.15. The van der Waals surface area contributed by atoms with E-state index in [0.717, 1.165) is 19.3 Å². The molecule has 1 aliphatic carbocycles. The van der Waals surface area contributed by atoms with Gasteiger partial charge in [-0.15, -0.1) is 0 Å². The fraction of sp³-hybridized carbons (Fsp3) is 0.812. The Morgan fingerprint density at radius 2 is 1.92 bits per heavy atom. The highest BCUT2D eigenvalue weighted by Gasteiger charge is 2.39. The molecular formula is C16H28N2O6. The standard InChI is InChI=1S/C16H28N2O6/c1-16(2,3)9-5-4-6-12(9)24-15(23)11(8-19)18-14(22)10(17)7-13(20)21/h9-12,19H,4-8,17H2,1-3H3,(H,18,22)(H,20,21)/t9?,10-,11-,12?/m0/s1. The van der Waals surface area contributed by atoms with Crippen molar-refractivity contribution >= 4 is 17.8 Å². The molecule has 1 fully saturated rings. The Bertz CT molecular complexity index is 474. The summed E-state index contributed by atoms with van der Waals surface area (Å²) in [4.78, 5) is 34.6. The molecule has 1 saturated carbocycles. The highest BCUT2D eigenvalue weighted by molar-refractivity contribution is 5.89. The molecule has 0 aromatic rings. The Labute approximate surface area is 141 Å². The van der Waals surface area contributed by atoms with Crippen LogP contribution in [0.15, 0.2) is 0 Å². The second-order valence-electron chi connectivity index (χ2n) is 7.33. The molecule has 5 N–H and O–H groups in total. The second kappa shape index (κ2) is 8.43. The Morgan fingerprint density at radius 1 is 1.29 bits per heavy atom. The number of nitrogens with two attached hydrogens (primary N) is 1. The third-order valence-electron chi connectivity index (χ3n) is 4.35. The molecule has 0 saturated heterocycles. The molecule has 8 nitrogen and oxygen atoms in total. The van der Waals surface area contributed by atoms with Crippen LogP contribution in [0.4, 0.5) is 0 Å². The van der Waals surface area contributed by atoms with E-state index >= 15 is 0 Å². The second-order valence-corrected chi connectivity index (χ2v) is 7.33. The van der Waals surface area contributed by atoms with Crippen LogP contribution in [-0.2, 0) is 19.1 Å². The van der Waals surface area contributed by atoms with Gasteiger partial charge >= 0.3 is 11.9 Å². The molecule has 0 aliphatic heterocycles. The number of esters is 1. The van der Waals surface area contributed by atoms with Crippen molar-refractivity contribution in [1.82, 2.24) is 5.32 Å². The molecule has 1 aliphatic rings. The van der Waals surface area contributed by atoms with Crippen LogP contribution in [0, 0.1) is 11.3 Å². The lowest BCUT2D eigenvalue weighted by atomic mass is 9.78. The lowest BCUT2D eigenvalue weighted by Gasteiger charge is -2.32. The minimum absolute atomic E-state index is 0.0107. The summed E-state index contributed by atoms with van der Waals surface area (Å²) in [5.41, 5.74) is 5.43. The largest absolute Gasteiger partial charge is 0.481 e. The smallest absolute Gasteiger partial charge is 0.331 e. The van der Waals surface area contributed by atoms with Crippen molar-refractivity contribution in [3.63, 3.8) is 0 Å². The minimum atomic E-state index is -1.29. The molecule has 0 radical (unpaired) electrons. The molecule has 138 valence electrons. The van der Waals surface area contributed by atoms with Gasteiger partial charge in [0.1, 0.15) is 6.10 Å². The summed E-state index contributed by atoms with van der Waals surface area (Å²) in [6.07, 6.45) is 1.85. The fourth-order valence-electron chi connectivity index (χ4n) is 3.03. The number of carbonyl (C=O) groups is 3. The lowest BCUT2D eigenvalue weighted by Crippen LogP contribution is -2.51. The van der Waals surface area contributed by atoms with E-state index in [1.807, 2.05) is 0 Å². The van der Waals surface area contributed by atoms with E-state index in [1.165, 1.54) is 0 Å². The summed E-state index contributed by atoms with van der Waals surface area (Å²) in [6, 6.07) is -2.54. The number of aliphatic carboxylic acids is 1. The van der Waals surface area contributed by atoms with Crippen LogP contribution in [0.1, 0.15) is 46.5 Å². The van der Waals surface area contributed by atoms with Crippen LogP contribution in [0.25, 0.3) is 0 Å². The van der Waals surface area contributed by atoms with Crippen LogP contribution in [0.2, 0.25) is 0 Å². The van der Waals surface area contributed by atoms with Crippen molar-refractivity contribution in [2.75, 3.05) is 6.61 Å². The average Bonchev–Trinajstić information content (AvgIpc) is 2.91. The van der Waals surface area contributed by atoms with Crippen LogP contribution in [0.3, 0.4) is 0 Å². The number of hydrogen-bond acceptors (Lipinski definition) is 6. The number of carboxylic acid groups (broad SMARTS) is 1. The summed E-state index contributed by atoms with van der Waals surface area (Å²) in [5.74, 6) is -2.55. The normalized spacial score (nSPS) is 23.4. The SMILES string of the molecule is CC(C)(C)C1CCCC1OC(=O)[C@H](CO)NC(=O)[C@@H](N)CC(=O)O. The van der Waals surface area contributed by atoms with Gasteiger partial charge < -0.3 is 26.0 Å². The molecule has 0 aromatic heterocycles. The van der Waals surface area contributed by atoms with E-state index in [-0.39, 0.29) is 17.4 Å². The summed E-state index contributed by atoms with van der Waals surface area (Å²) in [6.45, 7) is 5.61. The number of ether oxygens (including phenoxy) is 1. The number of hydrogen-bond donors (Lipinski definition) is 4. The molecule has 1 rings (SSSR count). The zero-order valence-corrected chi connectivity index (χ0v) is 14.4. The summed E-state index contributed by atoms with van der Waals surface area (Å²) in [7, 11) is 0. The molecule has 0 heterocycles. The lowest BCUT2D eigenvalue weighted by molar-refractivity contribution is -0.157. The van der Waals surface area contributed by atoms with Crippen molar-refractivity contribution in [3.8, 4) is 0 Å². The van der Waals surface area contributed by atoms with E-state index in [4.69, 9.17) is 15.6 Å². The number of aliphatic hydroxyl groups is 1. The molecule has 1 amide bonds. The van der Waals surface area contributed by atoms with E-state index in [2.05, 4.69) is 26.1 Å². The van der Waals surface area contributed by atoms with E-state index in [9.17, 15) is 19.5 Å². The summed E-state index contributed by atoms with van der Waals surface area (Å²) >= 11 is 0. The van der Waals surface area contributed by atoms with Gasteiger partial charge in [0.15, 0.2) is 6.04 Å². The number of amides is 1. The Kier molecular flexibility index (Phi) is 7.16. The van der Waals surface area contributed by atoms with Gasteiger partial charge in [-0.2, -0.15) is 0 Å². The maximum absolute atomic E-state index is 12.2. The number of aliphatic hydroxyl groups excluding tert-OH is 1. The highest BCUT2D eigenvalue weighted by Crippen LogP contribution is 2.41. The molecule has 0 bridgehead atoms. The van der Waals surface area contributed by atoms with Gasteiger partial charge in [0.05, 0.1) is 19.1 Å². The summed E-state index contributed by atoms with van der Waals surface area (Å²) < 4.78 is 5.49. The zero-order chi connectivity index (χ0) is 18.5. The van der Waals surface area contributed by atoms with Crippen LogP contribution < -0.4 is 11.1 Å². The third-order valence-corrected chi connectivity index (χ3v) is 4.35. The summed E-state index contributed by atoms with van der Waals surface area (Å²) in [5, 5.41) is 20.2. The maximum Gasteiger partial charge on any atom is 0.331 e. The highest BCUT2D eigenvalue weighted by atomic mass is 16.5. The number of rotatable bonds is 7. The van der Waals surface area contributed by atoms with Crippen LogP contribution in [0.5, 0.6) is 0 Å². The van der Waals surface area contributed by atoms with Crippen molar-refractivity contribution in [1.29, 1.82) is 0 Å². The number of carboxylic acids is 1. The molecule has 0 aromatic carbocycles. The maximum atomic E-state index is 12.2. The molecule has 0 spiro atoms. The number of carbonyl (C=O) groups excluding carboxylic acids is 2. The van der Waals surface area contributed by atoms with Gasteiger partial charge in [0.25, 0.3) is 0 Å². The van der Waals surface area contributed by atoms with Gasteiger partial charge in [-0.1, -0.05) is 20.8 Å². The van der Waals surface area contributed by atoms with Crippen molar-refractivity contribution in [3.05, 3.63) is 0 Å². The van der Waals surface area contributed by atoms with Gasteiger partial charge in [-0.25, -0.2) is 4.79 Å². The Balaban J connectivity index is 2.63. The predicted octanol–water partition coefficient (Wildman–Crippen LogP) is 0.0235. The third kappa shape index (κ3) is 5.76. The van der Waals surface area contributed by atoms with Gasteiger partial charge in [0, 0.05) is 5.92 Å². The van der Waals surface area contributed by atoms with Gasteiger partial charge in [-0.3, -0.25) is 9.59 Å². The van der Waals surface area contributed by atoms with E-state index in [1.54, 1.807) is 0 Å². The first-order chi connectivity index (χ1) is 11.1. The minimum Gasteiger partial charge on any atom is -0.481 e. The van der Waals surface area contributed by atoms with Crippen LogP contribution >= 0.6 is 0 Å². The fourth-order valence-corrected chi connectivity index (χ4v) is 3.03. The molecular weight excluding hydrogens is 316 g/mol. The Morgan fingerprint density at radius 3 is 2.42 bits per heavy atom. The molecule has 24 heavy (non-hydrogen) atoms. The monoisotopic (exact) mass is 344 g/mol. The van der Waals surface area contributed by atoms with Crippen LogP contribution in [-0.4, -0.2) is 52.9 Å². The van der Waals surface area contributed by atoms with Gasteiger partial charge in [0.2, 0.25) is 5.91 Å². The number of nitrogens with one attached hydrogen (secondary N) is 1. The predicted molar refractivity (Wildman–Crippen MR) is 85.9 cm³/mol. The first kappa shape index (κ1) is 20.4. The molecule has 4 atom stereocenters. The quantitative estimate of drug-likeness (QED) is 0.478. The molecule has 8 heteroatoms. The van der Waals surface area contributed by atoms with Gasteiger partial charge in [-0.05, 0) is 24.7 Å². The van der Waals surface area contributed by atoms with E-state index in [0.29, 0.717) is 0 Å². The first-order valence-electron chi connectivity index (χ1n) is 8.15. The topological polar surface area (TPSA) is 139 Å². The van der Waals surface area contributed by atoms with Crippen molar-refractivity contribution in [2.24, 2.45) is 17.1 Å². The average molecular weight is 344 g/mol. The Hall–Kier alpha value is -1.67. The van der Waals surface area contributed by atoms with Crippen molar-refractivity contribution < 1.29 is 29.3 Å². The van der Waals surface area contributed by atoms with Crippen molar-refractivity contribution in [2.45, 2.75) is 64.6 Å². The zero-order valence-electron chi connectivity index (χ0n) is 14.4. The molecule has 2 unspecified atom stereocenters. The van der Waals surface area contributed by atoms with E-state index < -0.39 is 43.0 Å².